The van der Waals surface area contributed by atoms with E-state index in [4.69, 9.17) is 9.47 Å². The molecular formula is C20H24FNO3. The minimum atomic E-state index is -0.672. The van der Waals surface area contributed by atoms with Crippen LogP contribution < -0.4 is 10.1 Å². The van der Waals surface area contributed by atoms with Gasteiger partial charge < -0.3 is 19.9 Å². The van der Waals surface area contributed by atoms with Crippen LogP contribution in [0, 0.1) is 5.82 Å². The van der Waals surface area contributed by atoms with E-state index in [1.54, 1.807) is 12.1 Å². The fourth-order valence-corrected chi connectivity index (χ4v) is 2.86. The predicted octanol–water partition coefficient (Wildman–Crippen LogP) is 3.04. The Balaban J connectivity index is 1.48. The van der Waals surface area contributed by atoms with Crippen molar-refractivity contribution < 1.29 is 19.0 Å². The second-order valence-electron chi connectivity index (χ2n) is 6.50. The third-order valence-electron chi connectivity index (χ3n) is 4.42. The van der Waals surface area contributed by atoms with E-state index in [-0.39, 0.29) is 5.82 Å². The molecule has 0 unspecified atom stereocenters. The summed E-state index contributed by atoms with van der Waals surface area (Å²) in [5, 5.41) is 13.8. The van der Waals surface area contributed by atoms with Crippen molar-refractivity contribution >= 4 is 0 Å². The summed E-state index contributed by atoms with van der Waals surface area (Å²) in [4.78, 5) is 0. The van der Waals surface area contributed by atoms with Gasteiger partial charge in [-0.3, -0.25) is 0 Å². The summed E-state index contributed by atoms with van der Waals surface area (Å²) in [6.45, 7) is 2.85. The molecule has 0 saturated carbocycles. The maximum absolute atomic E-state index is 12.9. The molecule has 1 aliphatic rings. The van der Waals surface area contributed by atoms with Gasteiger partial charge >= 0.3 is 0 Å². The molecule has 134 valence electrons. The Kier molecular flexibility index (Phi) is 6.02. The third kappa shape index (κ3) is 5.53. The highest BCUT2D eigenvalue weighted by molar-refractivity contribution is 5.29. The molecule has 1 heterocycles. The van der Waals surface area contributed by atoms with Crippen molar-refractivity contribution in [1.82, 2.24) is 5.32 Å². The zero-order valence-electron chi connectivity index (χ0n) is 14.2. The quantitative estimate of drug-likeness (QED) is 0.810. The Morgan fingerprint density at radius 2 is 1.84 bits per heavy atom. The second kappa shape index (κ2) is 8.43. The number of halogens is 1. The fourth-order valence-electron chi connectivity index (χ4n) is 2.86. The standard InChI is InChI=1S/C20H24FNO3/c21-18-6-4-16(5-7-18)14-25-19-3-1-2-17(12-19)13-22-15-20(23)8-10-24-11-9-20/h1-7,12,22-23H,8-11,13-15H2. The van der Waals surface area contributed by atoms with Crippen LogP contribution in [0.15, 0.2) is 48.5 Å². The molecule has 2 N–H and O–H groups in total. The molecule has 0 aliphatic carbocycles. The molecule has 1 fully saturated rings. The molecule has 25 heavy (non-hydrogen) atoms. The van der Waals surface area contributed by atoms with Gasteiger partial charge in [0, 0.05) is 39.1 Å². The van der Waals surface area contributed by atoms with E-state index >= 15 is 0 Å². The van der Waals surface area contributed by atoms with Gasteiger partial charge in [0.25, 0.3) is 0 Å². The zero-order chi connectivity index (χ0) is 17.5. The summed E-state index contributed by atoms with van der Waals surface area (Å²) in [7, 11) is 0. The first-order chi connectivity index (χ1) is 12.1. The zero-order valence-corrected chi connectivity index (χ0v) is 14.2. The topological polar surface area (TPSA) is 50.7 Å². The van der Waals surface area contributed by atoms with Crippen LogP contribution in [0.5, 0.6) is 5.75 Å². The summed E-state index contributed by atoms with van der Waals surface area (Å²) in [6, 6.07) is 14.1. The Morgan fingerprint density at radius 1 is 1.08 bits per heavy atom. The monoisotopic (exact) mass is 345 g/mol. The largest absolute Gasteiger partial charge is 0.489 e. The van der Waals surface area contributed by atoms with E-state index in [0.29, 0.717) is 45.8 Å². The van der Waals surface area contributed by atoms with Crippen molar-refractivity contribution in [3.63, 3.8) is 0 Å². The van der Waals surface area contributed by atoms with Crippen LogP contribution in [0.2, 0.25) is 0 Å². The van der Waals surface area contributed by atoms with Gasteiger partial charge in [-0.2, -0.15) is 0 Å². The van der Waals surface area contributed by atoms with Crippen LogP contribution >= 0.6 is 0 Å². The predicted molar refractivity (Wildman–Crippen MR) is 93.9 cm³/mol. The fraction of sp³-hybridized carbons (Fsp3) is 0.400. The molecule has 0 aromatic heterocycles. The average Bonchev–Trinajstić information content (AvgIpc) is 2.62. The highest BCUT2D eigenvalue weighted by atomic mass is 19.1. The van der Waals surface area contributed by atoms with Gasteiger partial charge in [-0.1, -0.05) is 24.3 Å². The highest BCUT2D eigenvalue weighted by Crippen LogP contribution is 2.20. The SMILES string of the molecule is OC1(CNCc2cccc(OCc3ccc(F)cc3)c2)CCOCC1. The molecule has 5 heteroatoms. The van der Waals surface area contributed by atoms with Crippen molar-refractivity contribution in [2.24, 2.45) is 0 Å². The van der Waals surface area contributed by atoms with Gasteiger partial charge in [0.2, 0.25) is 0 Å². The Morgan fingerprint density at radius 3 is 2.60 bits per heavy atom. The molecule has 0 radical (unpaired) electrons. The molecule has 4 nitrogen and oxygen atoms in total. The minimum absolute atomic E-state index is 0.247. The van der Waals surface area contributed by atoms with Gasteiger partial charge in [-0.25, -0.2) is 4.39 Å². The maximum atomic E-state index is 12.9. The highest BCUT2D eigenvalue weighted by Gasteiger charge is 2.28. The molecule has 3 rings (SSSR count). The first-order valence-electron chi connectivity index (χ1n) is 8.60. The van der Waals surface area contributed by atoms with E-state index in [1.807, 2.05) is 24.3 Å². The van der Waals surface area contributed by atoms with Crippen LogP contribution in [0.1, 0.15) is 24.0 Å². The number of hydrogen-bond donors (Lipinski definition) is 2. The molecule has 0 spiro atoms. The van der Waals surface area contributed by atoms with Crippen molar-refractivity contribution in [3.8, 4) is 5.75 Å². The number of hydrogen-bond acceptors (Lipinski definition) is 4. The average molecular weight is 345 g/mol. The van der Waals surface area contributed by atoms with Gasteiger partial charge in [0.1, 0.15) is 18.2 Å². The lowest BCUT2D eigenvalue weighted by molar-refractivity contribution is -0.0617. The van der Waals surface area contributed by atoms with Crippen molar-refractivity contribution in [3.05, 3.63) is 65.5 Å². The summed E-state index contributed by atoms with van der Waals surface area (Å²) in [5.74, 6) is 0.524. The lowest BCUT2D eigenvalue weighted by atomic mass is 9.94. The first kappa shape index (κ1) is 17.9. The van der Waals surface area contributed by atoms with Crippen molar-refractivity contribution in [1.29, 1.82) is 0 Å². The molecule has 2 aromatic rings. The number of nitrogens with one attached hydrogen (secondary N) is 1. The molecule has 1 aliphatic heterocycles. The van der Waals surface area contributed by atoms with E-state index in [2.05, 4.69) is 5.32 Å². The van der Waals surface area contributed by atoms with Gasteiger partial charge in [0.05, 0.1) is 5.60 Å². The summed E-state index contributed by atoms with van der Waals surface area (Å²) in [6.07, 6.45) is 1.33. The second-order valence-corrected chi connectivity index (χ2v) is 6.50. The number of rotatable bonds is 7. The Hall–Kier alpha value is -1.95. The lowest BCUT2D eigenvalue weighted by Crippen LogP contribution is -2.44. The van der Waals surface area contributed by atoms with Crippen LogP contribution in [-0.2, 0) is 17.9 Å². The maximum Gasteiger partial charge on any atom is 0.123 e. The van der Waals surface area contributed by atoms with E-state index < -0.39 is 5.60 Å². The third-order valence-corrected chi connectivity index (χ3v) is 4.42. The van der Waals surface area contributed by atoms with E-state index in [9.17, 15) is 9.50 Å². The normalized spacial score (nSPS) is 16.6. The smallest absolute Gasteiger partial charge is 0.123 e. The number of benzene rings is 2. The molecule has 0 amide bonds. The molecule has 1 saturated heterocycles. The molecule has 0 bridgehead atoms. The molecule has 2 aromatic carbocycles. The number of aliphatic hydroxyl groups is 1. The van der Waals surface area contributed by atoms with Gasteiger partial charge in [-0.15, -0.1) is 0 Å². The van der Waals surface area contributed by atoms with Crippen LogP contribution in [0.25, 0.3) is 0 Å². The van der Waals surface area contributed by atoms with Crippen molar-refractivity contribution in [2.75, 3.05) is 19.8 Å². The van der Waals surface area contributed by atoms with Crippen LogP contribution in [0.3, 0.4) is 0 Å². The van der Waals surface area contributed by atoms with E-state index in [1.165, 1.54) is 12.1 Å². The molecular weight excluding hydrogens is 321 g/mol. The summed E-state index contributed by atoms with van der Waals surface area (Å²) < 4.78 is 24.0. The Labute approximate surface area is 147 Å². The van der Waals surface area contributed by atoms with E-state index in [0.717, 1.165) is 16.9 Å². The minimum Gasteiger partial charge on any atom is -0.489 e. The van der Waals surface area contributed by atoms with Crippen LogP contribution in [-0.4, -0.2) is 30.5 Å². The lowest BCUT2D eigenvalue weighted by Gasteiger charge is -2.32. The van der Waals surface area contributed by atoms with Crippen molar-refractivity contribution in [2.45, 2.75) is 31.6 Å². The van der Waals surface area contributed by atoms with Gasteiger partial charge in [-0.05, 0) is 35.4 Å². The van der Waals surface area contributed by atoms with Crippen LogP contribution in [0.4, 0.5) is 4.39 Å². The van der Waals surface area contributed by atoms with Gasteiger partial charge in [0.15, 0.2) is 0 Å². The summed E-state index contributed by atoms with van der Waals surface area (Å²) in [5.41, 5.74) is 1.34. The number of ether oxygens (including phenoxy) is 2. The molecule has 0 atom stereocenters. The summed E-state index contributed by atoms with van der Waals surface area (Å²) >= 11 is 0. The first-order valence-corrected chi connectivity index (χ1v) is 8.60. The Bertz CT molecular complexity index is 669.